The molecule has 2 heteroatoms. The third-order valence-electron chi connectivity index (χ3n) is 13.6. The highest BCUT2D eigenvalue weighted by Crippen LogP contribution is 2.52. The van der Waals surface area contributed by atoms with E-state index in [1.807, 2.05) is 11.3 Å². The number of hydrogen-bond acceptors (Lipinski definition) is 2. The average Bonchev–Trinajstić information content (AvgIpc) is 3.92. The summed E-state index contributed by atoms with van der Waals surface area (Å²) < 4.78 is 9.07. The molecule has 0 saturated heterocycles. The minimum absolute atomic E-state index is 0.904. The van der Waals surface area contributed by atoms with Crippen LogP contribution < -0.4 is 0 Å². The molecule has 0 bridgehead atoms. The molecule has 0 aliphatic carbocycles. The van der Waals surface area contributed by atoms with Crippen molar-refractivity contribution in [2.24, 2.45) is 0 Å². The van der Waals surface area contributed by atoms with Crippen LogP contribution in [0.1, 0.15) is 0 Å². The monoisotopic (exact) mass is 828 g/mol. The molecule has 296 valence electrons. The molecule has 0 aliphatic heterocycles. The van der Waals surface area contributed by atoms with E-state index in [4.69, 9.17) is 4.42 Å². The summed E-state index contributed by atoms with van der Waals surface area (Å²) in [6.45, 7) is 0. The number of thiophene rings is 1. The smallest absolute Gasteiger partial charge is 0.136 e. The van der Waals surface area contributed by atoms with Crippen LogP contribution >= 0.6 is 11.3 Å². The van der Waals surface area contributed by atoms with E-state index in [2.05, 4.69) is 218 Å². The van der Waals surface area contributed by atoms with Gasteiger partial charge in [0.05, 0.1) is 0 Å². The SMILES string of the molecule is c1ccc(-c2c3ccccc3c(-c3cccc4sc5cccc(-c6c7ccccc7c(-c7ccc8oc9cc%10ccccc%10cc9c8c7)c7ccccc67)c5c34)c3ccccc23)cc1. The van der Waals surface area contributed by atoms with Crippen LogP contribution in [0.2, 0.25) is 0 Å². The Balaban J connectivity index is 1.06. The Morgan fingerprint density at radius 2 is 0.688 bits per heavy atom. The van der Waals surface area contributed by atoms with E-state index in [0.717, 1.165) is 21.9 Å². The van der Waals surface area contributed by atoms with Crippen LogP contribution in [0.5, 0.6) is 0 Å². The van der Waals surface area contributed by atoms with Gasteiger partial charge in [0.2, 0.25) is 0 Å². The summed E-state index contributed by atoms with van der Waals surface area (Å²) in [5.74, 6) is 0. The molecule has 0 saturated carbocycles. The molecule has 0 aliphatic rings. The molecule has 0 radical (unpaired) electrons. The van der Waals surface area contributed by atoms with Crippen LogP contribution in [0, 0.1) is 0 Å². The summed E-state index contributed by atoms with van der Waals surface area (Å²) in [5.41, 5.74) is 11.8. The van der Waals surface area contributed by atoms with Gasteiger partial charge in [0, 0.05) is 30.9 Å². The van der Waals surface area contributed by atoms with Crippen molar-refractivity contribution in [2.45, 2.75) is 0 Å². The average molecular weight is 829 g/mol. The molecular weight excluding hydrogens is 793 g/mol. The maximum atomic E-state index is 6.49. The van der Waals surface area contributed by atoms with Crippen LogP contribution in [0.3, 0.4) is 0 Å². The third kappa shape index (κ3) is 5.12. The largest absolute Gasteiger partial charge is 0.456 e. The fraction of sp³-hybridized carbons (Fsp3) is 0. The van der Waals surface area contributed by atoms with Gasteiger partial charge in [-0.15, -0.1) is 11.3 Å². The first-order chi connectivity index (χ1) is 31.8. The van der Waals surface area contributed by atoms with E-state index in [1.54, 1.807) is 0 Å². The van der Waals surface area contributed by atoms with Crippen molar-refractivity contribution in [1.29, 1.82) is 0 Å². The molecule has 12 aromatic carbocycles. The summed E-state index contributed by atoms with van der Waals surface area (Å²) in [6.07, 6.45) is 0. The molecule has 2 heterocycles. The lowest BCUT2D eigenvalue weighted by atomic mass is 9.83. The second kappa shape index (κ2) is 13.7. The number of fused-ring (bicyclic) bond motifs is 11. The minimum Gasteiger partial charge on any atom is -0.456 e. The van der Waals surface area contributed by atoms with Gasteiger partial charge in [0.25, 0.3) is 0 Å². The molecule has 2 aromatic heterocycles. The lowest BCUT2D eigenvalue weighted by molar-refractivity contribution is 0.669. The van der Waals surface area contributed by atoms with Crippen LogP contribution in [-0.4, -0.2) is 0 Å². The molecule has 0 spiro atoms. The van der Waals surface area contributed by atoms with Gasteiger partial charge < -0.3 is 4.42 Å². The Labute approximate surface area is 372 Å². The Morgan fingerprint density at radius 1 is 0.266 bits per heavy atom. The topological polar surface area (TPSA) is 13.1 Å². The van der Waals surface area contributed by atoms with Crippen LogP contribution in [0.15, 0.2) is 223 Å². The molecule has 0 amide bonds. The van der Waals surface area contributed by atoms with Crippen molar-refractivity contribution in [3.63, 3.8) is 0 Å². The van der Waals surface area contributed by atoms with Crippen molar-refractivity contribution in [2.75, 3.05) is 0 Å². The standard InChI is InChI=1S/C62H36OS/c1-2-16-37(17-3-1)57-41-20-6-10-24-45(41)59(46-25-11-7-21-42(46)57)49-28-14-30-55-61(49)62-50(29-15-31-56(62)64-55)60-47-26-12-8-22-43(47)58(44-23-9-13-27-48(44)60)40-32-33-53-51(35-40)52-34-38-18-4-5-19-39(38)36-54(52)63-53/h1-36H. The molecule has 14 aromatic rings. The lowest BCUT2D eigenvalue weighted by Crippen LogP contribution is -1.92. The zero-order valence-electron chi connectivity index (χ0n) is 34.6. The van der Waals surface area contributed by atoms with E-state index in [-0.39, 0.29) is 0 Å². The Kier molecular flexibility index (Phi) is 7.63. The van der Waals surface area contributed by atoms with Crippen LogP contribution in [0.4, 0.5) is 0 Å². The van der Waals surface area contributed by atoms with E-state index >= 15 is 0 Å². The molecule has 14 rings (SSSR count). The summed E-state index contributed by atoms with van der Waals surface area (Å²) in [7, 11) is 0. The maximum Gasteiger partial charge on any atom is 0.136 e. The van der Waals surface area contributed by atoms with Crippen LogP contribution in [0.25, 0.3) is 140 Å². The van der Waals surface area contributed by atoms with Gasteiger partial charge in [-0.25, -0.2) is 0 Å². The minimum atomic E-state index is 0.904. The first-order valence-electron chi connectivity index (χ1n) is 22.0. The van der Waals surface area contributed by atoms with E-state index in [1.165, 1.54) is 119 Å². The van der Waals surface area contributed by atoms with Gasteiger partial charge in [-0.2, -0.15) is 0 Å². The normalized spacial score (nSPS) is 12.1. The first-order valence-corrected chi connectivity index (χ1v) is 22.8. The van der Waals surface area contributed by atoms with E-state index in [9.17, 15) is 0 Å². The third-order valence-corrected chi connectivity index (χ3v) is 14.7. The number of benzene rings is 12. The van der Waals surface area contributed by atoms with Gasteiger partial charge in [-0.3, -0.25) is 0 Å². The number of hydrogen-bond donors (Lipinski definition) is 0. The van der Waals surface area contributed by atoms with Gasteiger partial charge in [0.1, 0.15) is 11.2 Å². The molecular formula is C62H36OS. The fourth-order valence-electron chi connectivity index (χ4n) is 11.0. The highest BCUT2D eigenvalue weighted by molar-refractivity contribution is 7.26. The maximum absolute atomic E-state index is 6.49. The predicted molar refractivity (Wildman–Crippen MR) is 276 cm³/mol. The van der Waals surface area contributed by atoms with Crippen LogP contribution in [-0.2, 0) is 0 Å². The summed E-state index contributed by atoms with van der Waals surface area (Å²) in [4.78, 5) is 0. The van der Waals surface area contributed by atoms with Gasteiger partial charge in [-0.05, 0) is 135 Å². The summed E-state index contributed by atoms with van der Waals surface area (Å²) >= 11 is 1.90. The van der Waals surface area contributed by atoms with Gasteiger partial charge in [0.15, 0.2) is 0 Å². The van der Waals surface area contributed by atoms with Gasteiger partial charge >= 0.3 is 0 Å². The van der Waals surface area contributed by atoms with Gasteiger partial charge in [-0.1, -0.05) is 182 Å². The molecule has 0 unspecified atom stereocenters. The highest BCUT2D eigenvalue weighted by Gasteiger charge is 2.24. The second-order valence-electron chi connectivity index (χ2n) is 17.0. The zero-order valence-corrected chi connectivity index (χ0v) is 35.4. The zero-order chi connectivity index (χ0) is 41.9. The highest BCUT2D eigenvalue weighted by atomic mass is 32.1. The second-order valence-corrected chi connectivity index (χ2v) is 18.1. The van der Waals surface area contributed by atoms with Crippen molar-refractivity contribution in [3.05, 3.63) is 218 Å². The lowest BCUT2D eigenvalue weighted by Gasteiger charge is -2.20. The fourth-order valence-corrected chi connectivity index (χ4v) is 12.1. The first kappa shape index (κ1) is 35.5. The molecule has 0 N–H and O–H groups in total. The molecule has 1 nitrogen and oxygen atoms in total. The molecule has 0 atom stereocenters. The van der Waals surface area contributed by atoms with E-state index in [0.29, 0.717) is 0 Å². The molecule has 64 heavy (non-hydrogen) atoms. The Morgan fingerprint density at radius 3 is 1.20 bits per heavy atom. The Hall–Kier alpha value is -8.04. The van der Waals surface area contributed by atoms with Crippen molar-refractivity contribution >= 4 is 107 Å². The summed E-state index contributed by atoms with van der Waals surface area (Å²) in [6, 6.07) is 80.6. The molecule has 0 fully saturated rings. The summed E-state index contributed by atoms with van der Waals surface area (Å²) in [5, 5.41) is 17.3. The van der Waals surface area contributed by atoms with Crippen molar-refractivity contribution in [3.8, 4) is 44.5 Å². The number of rotatable bonds is 4. The number of furan rings is 1. The van der Waals surface area contributed by atoms with Crippen molar-refractivity contribution in [1.82, 2.24) is 0 Å². The quantitative estimate of drug-likeness (QED) is 0.161. The van der Waals surface area contributed by atoms with Crippen molar-refractivity contribution < 1.29 is 4.42 Å². The predicted octanol–water partition coefficient (Wildman–Crippen LogP) is 18.4. The Bertz CT molecular complexity index is 4130. The van der Waals surface area contributed by atoms with E-state index < -0.39 is 0 Å².